The van der Waals surface area contributed by atoms with Crippen molar-refractivity contribution in [3.63, 3.8) is 0 Å². The van der Waals surface area contributed by atoms with Crippen molar-refractivity contribution in [2.24, 2.45) is 0 Å². The number of carbonyl (C=O) groups excluding carboxylic acids is 1. The molecule has 0 spiro atoms. The van der Waals surface area contributed by atoms with Gasteiger partial charge in [0.2, 0.25) is 0 Å². The molecule has 20 heavy (non-hydrogen) atoms. The van der Waals surface area contributed by atoms with Crippen molar-refractivity contribution in [3.05, 3.63) is 60.2 Å². The van der Waals surface area contributed by atoms with Crippen LogP contribution in [-0.2, 0) is 0 Å². The largest absolute Gasteiger partial charge is 0.497 e. The molecule has 1 amide bonds. The van der Waals surface area contributed by atoms with Crippen LogP contribution in [0.25, 0.3) is 0 Å². The SMILES string of the molecule is COc1ccc(N(C(=O)c2ccccc2)C2CC2)cc1. The van der Waals surface area contributed by atoms with Crippen LogP contribution in [0.1, 0.15) is 23.2 Å². The highest BCUT2D eigenvalue weighted by atomic mass is 16.5. The smallest absolute Gasteiger partial charge is 0.258 e. The first-order chi connectivity index (χ1) is 9.79. The molecular formula is C17H17NO2. The van der Waals surface area contributed by atoms with Crippen LogP contribution in [0.15, 0.2) is 54.6 Å². The third-order valence-electron chi connectivity index (χ3n) is 3.50. The van der Waals surface area contributed by atoms with E-state index < -0.39 is 0 Å². The van der Waals surface area contributed by atoms with E-state index in [0.29, 0.717) is 6.04 Å². The highest BCUT2D eigenvalue weighted by molar-refractivity contribution is 6.06. The maximum atomic E-state index is 12.7. The quantitative estimate of drug-likeness (QED) is 0.848. The highest BCUT2D eigenvalue weighted by Crippen LogP contribution is 2.33. The normalized spacial score (nSPS) is 13.8. The van der Waals surface area contributed by atoms with Gasteiger partial charge < -0.3 is 9.64 Å². The third kappa shape index (κ3) is 2.52. The molecule has 3 heteroatoms. The summed E-state index contributed by atoms with van der Waals surface area (Å²) in [5, 5.41) is 0. The number of methoxy groups -OCH3 is 1. The van der Waals surface area contributed by atoms with E-state index in [1.165, 1.54) is 0 Å². The summed E-state index contributed by atoms with van der Waals surface area (Å²) in [5.41, 5.74) is 1.66. The fourth-order valence-corrected chi connectivity index (χ4v) is 2.29. The highest BCUT2D eigenvalue weighted by Gasteiger charge is 2.34. The van der Waals surface area contributed by atoms with Crippen molar-refractivity contribution >= 4 is 11.6 Å². The summed E-state index contributed by atoms with van der Waals surface area (Å²) in [4.78, 5) is 14.6. The minimum Gasteiger partial charge on any atom is -0.497 e. The van der Waals surface area contributed by atoms with Crippen molar-refractivity contribution < 1.29 is 9.53 Å². The lowest BCUT2D eigenvalue weighted by Crippen LogP contribution is -2.32. The second kappa shape index (κ2) is 5.37. The molecule has 0 bridgehead atoms. The molecule has 0 radical (unpaired) electrons. The van der Waals surface area contributed by atoms with E-state index in [0.717, 1.165) is 29.8 Å². The van der Waals surface area contributed by atoms with Crippen LogP contribution >= 0.6 is 0 Å². The number of carbonyl (C=O) groups is 1. The fourth-order valence-electron chi connectivity index (χ4n) is 2.29. The fraction of sp³-hybridized carbons (Fsp3) is 0.235. The van der Waals surface area contributed by atoms with E-state index in [2.05, 4.69) is 0 Å². The molecule has 1 aliphatic carbocycles. The maximum Gasteiger partial charge on any atom is 0.258 e. The van der Waals surface area contributed by atoms with E-state index in [1.807, 2.05) is 59.5 Å². The molecule has 0 N–H and O–H groups in total. The lowest BCUT2D eigenvalue weighted by Gasteiger charge is -2.23. The molecule has 0 aliphatic heterocycles. The number of ether oxygens (including phenoxy) is 1. The monoisotopic (exact) mass is 267 g/mol. The van der Waals surface area contributed by atoms with E-state index in [9.17, 15) is 4.79 Å². The Balaban J connectivity index is 1.90. The number of rotatable bonds is 4. The lowest BCUT2D eigenvalue weighted by molar-refractivity contribution is 0.0985. The van der Waals surface area contributed by atoms with Crippen molar-refractivity contribution in [1.82, 2.24) is 0 Å². The molecule has 0 heterocycles. The molecule has 102 valence electrons. The predicted octanol–water partition coefficient (Wildman–Crippen LogP) is 3.50. The van der Waals surface area contributed by atoms with E-state index in [1.54, 1.807) is 7.11 Å². The van der Waals surface area contributed by atoms with Gasteiger partial charge in [-0.15, -0.1) is 0 Å². The molecule has 0 unspecified atom stereocenters. The molecule has 2 aromatic rings. The zero-order valence-electron chi connectivity index (χ0n) is 11.5. The van der Waals surface area contributed by atoms with E-state index in [4.69, 9.17) is 4.74 Å². The van der Waals surface area contributed by atoms with E-state index >= 15 is 0 Å². The molecule has 2 aromatic carbocycles. The second-order valence-electron chi connectivity index (χ2n) is 4.97. The first-order valence-electron chi connectivity index (χ1n) is 6.82. The molecule has 0 aromatic heterocycles. The average molecular weight is 267 g/mol. The Labute approximate surface area is 118 Å². The molecule has 3 nitrogen and oxygen atoms in total. The summed E-state index contributed by atoms with van der Waals surface area (Å²) in [6.07, 6.45) is 2.15. The van der Waals surface area contributed by atoms with Gasteiger partial charge in [0, 0.05) is 17.3 Å². The summed E-state index contributed by atoms with van der Waals surface area (Å²) >= 11 is 0. The van der Waals surface area contributed by atoms with Crippen molar-refractivity contribution in [2.75, 3.05) is 12.0 Å². The van der Waals surface area contributed by atoms with Crippen LogP contribution in [0, 0.1) is 0 Å². The van der Waals surface area contributed by atoms with Gasteiger partial charge in [-0.25, -0.2) is 0 Å². The van der Waals surface area contributed by atoms with Crippen LogP contribution < -0.4 is 9.64 Å². The number of benzene rings is 2. The van der Waals surface area contributed by atoms with Gasteiger partial charge in [-0.3, -0.25) is 4.79 Å². The zero-order valence-corrected chi connectivity index (χ0v) is 11.5. The van der Waals surface area contributed by atoms with Gasteiger partial charge in [-0.05, 0) is 49.2 Å². The van der Waals surface area contributed by atoms with Gasteiger partial charge >= 0.3 is 0 Å². The number of amides is 1. The summed E-state index contributed by atoms with van der Waals surface area (Å²) in [7, 11) is 1.64. The molecule has 1 aliphatic rings. The van der Waals surface area contributed by atoms with Crippen LogP contribution in [0.3, 0.4) is 0 Å². The van der Waals surface area contributed by atoms with Gasteiger partial charge in [0.1, 0.15) is 5.75 Å². The molecule has 0 atom stereocenters. The Morgan fingerprint density at radius 1 is 1.05 bits per heavy atom. The van der Waals surface area contributed by atoms with Gasteiger partial charge in [-0.1, -0.05) is 18.2 Å². The van der Waals surface area contributed by atoms with Gasteiger partial charge in [-0.2, -0.15) is 0 Å². The van der Waals surface area contributed by atoms with Crippen molar-refractivity contribution in [1.29, 1.82) is 0 Å². The number of hydrogen-bond donors (Lipinski definition) is 0. The zero-order chi connectivity index (χ0) is 13.9. The Bertz CT molecular complexity index is 588. The summed E-state index contributed by atoms with van der Waals surface area (Å²) < 4.78 is 5.17. The third-order valence-corrected chi connectivity index (χ3v) is 3.50. The Kier molecular flexibility index (Phi) is 3.42. The molecule has 1 fully saturated rings. The Hall–Kier alpha value is -2.29. The number of nitrogens with zero attached hydrogens (tertiary/aromatic N) is 1. The van der Waals surface area contributed by atoms with Crippen LogP contribution in [-0.4, -0.2) is 19.1 Å². The second-order valence-corrected chi connectivity index (χ2v) is 4.97. The average Bonchev–Trinajstić information content (AvgIpc) is 3.34. The van der Waals surface area contributed by atoms with E-state index in [-0.39, 0.29) is 5.91 Å². The standard InChI is InChI=1S/C17H17NO2/c1-20-16-11-9-15(10-12-16)18(14-7-8-14)17(19)13-5-3-2-4-6-13/h2-6,9-12,14H,7-8H2,1H3. The topological polar surface area (TPSA) is 29.5 Å². The van der Waals surface area contributed by atoms with Crippen LogP contribution in [0.4, 0.5) is 5.69 Å². The first kappa shape index (κ1) is 12.7. The van der Waals surface area contributed by atoms with Crippen LogP contribution in [0.5, 0.6) is 5.75 Å². The van der Waals surface area contributed by atoms with Gasteiger partial charge in [0.05, 0.1) is 7.11 Å². The molecule has 1 saturated carbocycles. The Morgan fingerprint density at radius 2 is 1.70 bits per heavy atom. The minimum atomic E-state index is 0.0678. The summed E-state index contributed by atoms with van der Waals surface area (Å²) in [6.45, 7) is 0. The Morgan fingerprint density at radius 3 is 2.25 bits per heavy atom. The predicted molar refractivity (Wildman–Crippen MR) is 79.3 cm³/mol. The molecule has 0 saturated heterocycles. The molecular weight excluding hydrogens is 250 g/mol. The first-order valence-corrected chi connectivity index (χ1v) is 6.82. The number of hydrogen-bond acceptors (Lipinski definition) is 2. The summed E-state index contributed by atoms with van der Waals surface area (Å²) in [6, 6.07) is 17.4. The minimum absolute atomic E-state index is 0.0678. The maximum absolute atomic E-state index is 12.7. The summed E-state index contributed by atoms with van der Waals surface area (Å²) in [5.74, 6) is 0.870. The van der Waals surface area contributed by atoms with Crippen molar-refractivity contribution in [3.8, 4) is 5.75 Å². The van der Waals surface area contributed by atoms with Gasteiger partial charge in [0.25, 0.3) is 5.91 Å². The van der Waals surface area contributed by atoms with Gasteiger partial charge in [0.15, 0.2) is 0 Å². The lowest BCUT2D eigenvalue weighted by atomic mass is 10.1. The van der Waals surface area contributed by atoms with Crippen molar-refractivity contribution in [2.45, 2.75) is 18.9 Å². The molecule has 3 rings (SSSR count). The number of anilines is 1. The van der Waals surface area contributed by atoms with Crippen LogP contribution in [0.2, 0.25) is 0 Å².